The second kappa shape index (κ2) is 6.80. The van der Waals surface area contributed by atoms with Crippen molar-refractivity contribution in [1.29, 1.82) is 0 Å². The van der Waals surface area contributed by atoms with E-state index in [-0.39, 0.29) is 12.1 Å². The highest BCUT2D eigenvalue weighted by Crippen LogP contribution is 2.26. The Morgan fingerprint density at radius 2 is 1.95 bits per heavy atom. The minimum absolute atomic E-state index is 0.111. The van der Waals surface area contributed by atoms with E-state index in [2.05, 4.69) is 6.58 Å². The minimum Gasteiger partial charge on any atom is -0.444 e. The van der Waals surface area contributed by atoms with E-state index in [9.17, 15) is 4.79 Å². The molecule has 1 unspecified atom stereocenters. The number of hydrogen-bond donors (Lipinski definition) is 0. The molecule has 1 amide bonds. The fourth-order valence-electron chi connectivity index (χ4n) is 1.82. The third kappa shape index (κ3) is 4.89. The van der Waals surface area contributed by atoms with E-state index in [1.807, 2.05) is 45.0 Å². The van der Waals surface area contributed by atoms with E-state index in [4.69, 9.17) is 16.3 Å². The molecule has 20 heavy (non-hydrogen) atoms. The topological polar surface area (TPSA) is 29.5 Å². The van der Waals surface area contributed by atoms with Gasteiger partial charge < -0.3 is 9.64 Å². The van der Waals surface area contributed by atoms with Crippen LogP contribution in [0.15, 0.2) is 36.9 Å². The van der Waals surface area contributed by atoms with Crippen molar-refractivity contribution >= 4 is 17.7 Å². The first-order valence-corrected chi connectivity index (χ1v) is 6.94. The molecular formula is C16H22ClNO2. The molecule has 0 saturated carbocycles. The number of rotatable bonds is 4. The van der Waals surface area contributed by atoms with Crippen molar-refractivity contribution in [2.75, 3.05) is 7.05 Å². The average Bonchev–Trinajstić information content (AvgIpc) is 2.34. The van der Waals surface area contributed by atoms with Gasteiger partial charge in [0.2, 0.25) is 0 Å². The minimum atomic E-state index is -0.510. The van der Waals surface area contributed by atoms with Gasteiger partial charge in [0.25, 0.3) is 0 Å². The van der Waals surface area contributed by atoms with Crippen molar-refractivity contribution in [3.8, 4) is 0 Å². The third-order valence-corrected chi connectivity index (χ3v) is 3.05. The van der Waals surface area contributed by atoms with Gasteiger partial charge in [0.1, 0.15) is 5.60 Å². The fraction of sp³-hybridized carbons (Fsp3) is 0.438. The van der Waals surface area contributed by atoms with Crippen molar-refractivity contribution in [2.45, 2.75) is 38.8 Å². The lowest BCUT2D eigenvalue weighted by Crippen LogP contribution is -2.36. The molecule has 0 fully saturated rings. The number of ether oxygens (including phenoxy) is 1. The normalized spacial score (nSPS) is 12.7. The zero-order chi connectivity index (χ0) is 15.3. The SMILES string of the molecule is C=CCC(c1ccc(Cl)cc1)N(C)C(=O)OC(C)(C)C. The maximum absolute atomic E-state index is 12.2. The van der Waals surface area contributed by atoms with E-state index in [0.29, 0.717) is 11.4 Å². The maximum atomic E-state index is 12.2. The Balaban J connectivity index is 2.92. The molecule has 0 spiro atoms. The smallest absolute Gasteiger partial charge is 0.410 e. The Kier molecular flexibility index (Phi) is 5.63. The first-order valence-electron chi connectivity index (χ1n) is 6.57. The van der Waals surface area contributed by atoms with Crippen LogP contribution in [0.2, 0.25) is 5.02 Å². The molecular weight excluding hydrogens is 274 g/mol. The van der Waals surface area contributed by atoms with Gasteiger partial charge in [-0.15, -0.1) is 6.58 Å². The van der Waals surface area contributed by atoms with E-state index >= 15 is 0 Å². The van der Waals surface area contributed by atoms with Crippen LogP contribution in [0, 0.1) is 0 Å². The number of benzene rings is 1. The summed E-state index contributed by atoms with van der Waals surface area (Å²) in [5.41, 5.74) is 0.493. The summed E-state index contributed by atoms with van der Waals surface area (Å²) in [5, 5.41) is 0.672. The van der Waals surface area contributed by atoms with E-state index in [1.165, 1.54) is 0 Å². The van der Waals surface area contributed by atoms with Crippen LogP contribution in [-0.2, 0) is 4.74 Å². The molecule has 110 valence electrons. The molecule has 0 saturated heterocycles. The van der Waals surface area contributed by atoms with Crippen molar-refractivity contribution in [3.05, 3.63) is 47.5 Å². The molecule has 1 aromatic rings. The Bertz CT molecular complexity index is 462. The number of carbonyl (C=O) groups excluding carboxylic acids is 1. The Labute approximate surface area is 126 Å². The molecule has 0 aliphatic carbocycles. The molecule has 0 aliphatic heterocycles. The lowest BCUT2D eigenvalue weighted by Gasteiger charge is -2.30. The highest BCUT2D eigenvalue weighted by Gasteiger charge is 2.25. The second-order valence-corrected chi connectivity index (χ2v) is 6.12. The van der Waals surface area contributed by atoms with Crippen molar-refractivity contribution < 1.29 is 9.53 Å². The summed E-state index contributed by atoms with van der Waals surface area (Å²) in [7, 11) is 1.73. The Morgan fingerprint density at radius 3 is 2.40 bits per heavy atom. The summed E-state index contributed by atoms with van der Waals surface area (Å²) in [6.45, 7) is 9.31. The summed E-state index contributed by atoms with van der Waals surface area (Å²) in [6, 6.07) is 7.35. The summed E-state index contributed by atoms with van der Waals surface area (Å²) < 4.78 is 5.40. The van der Waals surface area contributed by atoms with Crippen LogP contribution < -0.4 is 0 Å². The van der Waals surface area contributed by atoms with E-state index in [0.717, 1.165) is 5.56 Å². The van der Waals surface area contributed by atoms with Gasteiger partial charge in [-0.2, -0.15) is 0 Å². The van der Waals surface area contributed by atoms with Crippen molar-refractivity contribution in [3.63, 3.8) is 0 Å². The lowest BCUT2D eigenvalue weighted by atomic mass is 10.0. The number of nitrogens with zero attached hydrogens (tertiary/aromatic N) is 1. The Morgan fingerprint density at radius 1 is 1.40 bits per heavy atom. The summed E-state index contributed by atoms with van der Waals surface area (Å²) in [6.07, 6.45) is 2.09. The zero-order valence-electron chi connectivity index (χ0n) is 12.5. The highest BCUT2D eigenvalue weighted by atomic mass is 35.5. The molecule has 4 heteroatoms. The van der Waals surface area contributed by atoms with Gasteiger partial charge >= 0.3 is 6.09 Å². The highest BCUT2D eigenvalue weighted by molar-refractivity contribution is 6.30. The molecule has 1 atom stereocenters. The number of halogens is 1. The number of carbonyl (C=O) groups is 1. The first-order chi connectivity index (χ1) is 9.24. The number of hydrogen-bond acceptors (Lipinski definition) is 2. The van der Waals surface area contributed by atoms with Gasteiger partial charge in [-0.3, -0.25) is 0 Å². The first kappa shape index (κ1) is 16.6. The molecule has 0 heterocycles. The largest absolute Gasteiger partial charge is 0.444 e. The van der Waals surface area contributed by atoms with Gasteiger partial charge in [-0.1, -0.05) is 29.8 Å². The molecule has 0 radical (unpaired) electrons. The predicted octanol–water partition coefficient (Wildman–Crippen LogP) is 4.82. The van der Waals surface area contributed by atoms with E-state index < -0.39 is 5.60 Å². The molecule has 0 aromatic heterocycles. The molecule has 0 aliphatic rings. The standard InChI is InChI=1S/C16H22ClNO2/c1-6-7-14(12-8-10-13(17)11-9-12)18(5)15(19)20-16(2,3)4/h6,8-11,14H,1,7H2,2-5H3. The average molecular weight is 296 g/mol. The summed E-state index contributed by atoms with van der Waals surface area (Å²) in [5.74, 6) is 0. The molecule has 0 N–H and O–H groups in total. The van der Waals surface area contributed by atoms with Gasteiger partial charge in [0, 0.05) is 12.1 Å². The zero-order valence-corrected chi connectivity index (χ0v) is 13.3. The molecule has 0 bridgehead atoms. The van der Waals surface area contributed by atoms with Crippen LogP contribution in [0.3, 0.4) is 0 Å². The van der Waals surface area contributed by atoms with Crippen LogP contribution in [0.5, 0.6) is 0 Å². The van der Waals surface area contributed by atoms with Crippen molar-refractivity contribution in [2.24, 2.45) is 0 Å². The monoisotopic (exact) mass is 295 g/mol. The van der Waals surface area contributed by atoms with Crippen LogP contribution in [0.4, 0.5) is 4.79 Å². The summed E-state index contributed by atoms with van der Waals surface area (Å²) in [4.78, 5) is 13.8. The van der Waals surface area contributed by atoms with Gasteiger partial charge in [-0.05, 0) is 44.9 Å². The molecule has 1 aromatic carbocycles. The van der Waals surface area contributed by atoms with Crippen LogP contribution in [-0.4, -0.2) is 23.6 Å². The molecule has 3 nitrogen and oxygen atoms in total. The lowest BCUT2D eigenvalue weighted by molar-refractivity contribution is 0.0221. The van der Waals surface area contributed by atoms with Gasteiger partial charge in [0.05, 0.1) is 6.04 Å². The molecule has 1 rings (SSSR count). The second-order valence-electron chi connectivity index (χ2n) is 5.68. The van der Waals surface area contributed by atoms with Crippen LogP contribution in [0.1, 0.15) is 38.8 Å². The van der Waals surface area contributed by atoms with Crippen molar-refractivity contribution in [1.82, 2.24) is 4.90 Å². The third-order valence-electron chi connectivity index (χ3n) is 2.79. The van der Waals surface area contributed by atoms with Gasteiger partial charge in [0.15, 0.2) is 0 Å². The maximum Gasteiger partial charge on any atom is 0.410 e. The Hall–Kier alpha value is -1.48. The quantitative estimate of drug-likeness (QED) is 0.745. The fourth-order valence-corrected chi connectivity index (χ4v) is 1.95. The number of amides is 1. The van der Waals surface area contributed by atoms with Crippen LogP contribution in [0.25, 0.3) is 0 Å². The van der Waals surface area contributed by atoms with E-state index in [1.54, 1.807) is 18.0 Å². The van der Waals surface area contributed by atoms with Crippen LogP contribution >= 0.6 is 11.6 Å². The predicted molar refractivity (Wildman–Crippen MR) is 83.0 cm³/mol. The van der Waals surface area contributed by atoms with Gasteiger partial charge in [-0.25, -0.2) is 4.79 Å². The summed E-state index contributed by atoms with van der Waals surface area (Å²) >= 11 is 5.90.